The fourth-order valence-corrected chi connectivity index (χ4v) is 1.78. The van der Waals surface area contributed by atoms with Crippen molar-refractivity contribution in [1.82, 2.24) is 10.6 Å². The van der Waals surface area contributed by atoms with Gasteiger partial charge in [-0.3, -0.25) is 0 Å². The molecule has 0 aliphatic carbocycles. The van der Waals surface area contributed by atoms with Crippen LogP contribution in [0.15, 0.2) is 24.3 Å². The van der Waals surface area contributed by atoms with Gasteiger partial charge in [0.1, 0.15) is 6.04 Å². The number of aryl methyl sites for hydroxylation is 1. The zero-order chi connectivity index (χ0) is 15.0. The summed E-state index contributed by atoms with van der Waals surface area (Å²) in [6.07, 6.45) is 0.660. The summed E-state index contributed by atoms with van der Waals surface area (Å²) in [7, 11) is 0. The van der Waals surface area contributed by atoms with Crippen molar-refractivity contribution in [2.75, 3.05) is 13.2 Å². The topological polar surface area (TPSA) is 98.7 Å². The number of hydrogen-bond donors (Lipinski definition) is 4. The maximum atomic E-state index is 11.5. The molecule has 0 spiro atoms. The average Bonchev–Trinajstić information content (AvgIpc) is 2.38. The lowest BCUT2D eigenvalue weighted by Gasteiger charge is -2.14. The molecule has 2 amide bonds. The quantitative estimate of drug-likeness (QED) is 0.590. The van der Waals surface area contributed by atoms with Gasteiger partial charge in [0, 0.05) is 19.6 Å². The number of aliphatic hydroxyl groups excluding tert-OH is 1. The normalized spacial score (nSPS) is 11.7. The summed E-state index contributed by atoms with van der Waals surface area (Å²) >= 11 is 0. The predicted octanol–water partition coefficient (Wildman–Crippen LogP) is 0.672. The Morgan fingerprint density at radius 1 is 1.35 bits per heavy atom. The van der Waals surface area contributed by atoms with Gasteiger partial charge in [0.2, 0.25) is 0 Å². The van der Waals surface area contributed by atoms with Crippen LogP contribution in [0.3, 0.4) is 0 Å². The van der Waals surface area contributed by atoms with E-state index >= 15 is 0 Å². The van der Waals surface area contributed by atoms with Crippen LogP contribution in [0.4, 0.5) is 4.79 Å². The van der Waals surface area contributed by atoms with Gasteiger partial charge in [-0.15, -0.1) is 0 Å². The van der Waals surface area contributed by atoms with Gasteiger partial charge in [-0.1, -0.05) is 29.8 Å². The van der Waals surface area contributed by atoms with Crippen molar-refractivity contribution in [3.63, 3.8) is 0 Å². The Balaban J connectivity index is 2.34. The van der Waals surface area contributed by atoms with Gasteiger partial charge in [0.15, 0.2) is 0 Å². The SMILES string of the molecule is Cc1cccc(CCNC(=O)N[C@H](CCO)C(=O)O)c1. The molecule has 0 aliphatic heterocycles. The largest absolute Gasteiger partial charge is 0.480 e. The summed E-state index contributed by atoms with van der Waals surface area (Å²) in [6, 6.07) is 6.34. The van der Waals surface area contributed by atoms with Crippen molar-refractivity contribution in [2.45, 2.75) is 25.8 Å². The molecule has 0 fully saturated rings. The maximum Gasteiger partial charge on any atom is 0.326 e. The number of rotatable bonds is 7. The molecule has 110 valence electrons. The molecule has 4 N–H and O–H groups in total. The molecule has 0 bridgehead atoms. The number of carbonyl (C=O) groups excluding carboxylic acids is 1. The summed E-state index contributed by atoms with van der Waals surface area (Å²) < 4.78 is 0. The Labute approximate surface area is 117 Å². The van der Waals surface area contributed by atoms with E-state index in [-0.39, 0.29) is 13.0 Å². The van der Waals surface area contributed by atoms with E-state index in [0.717, 1.165) is 11.1 Å². The number of benzene rings is 1. The highest BCUT2D eigenvalue weighted by Gasteiger charge is 2.18. The molecule has 0 saturated carbocycles. The molecule has 0 radical (unpaired) electrons. The number of aliphatic hydroxyl groups is 1. The molecule has 1 rings (SSSR count). The van der Waals surface area contributed by atoms with Gasteiger partial charge in [0.25, 0.3) is 0 Å². The first-order valence-corrected chi connectivity index (χ1v) is 6.46. The molecule has 6 heteroatoms. The van der Waals surface area contributed by atoms with E-state index in [0.29, 0.717) is 13.0 Å². The highest BCUT2D eigenvalue weighted by atomic mass is 16.4. The lowest BCUT2D eigenvalue weighted by atomic mass is 10.1. The molecule has 1 aromatic carbocycles. The van der Waals surface area contributed by atoms with Crippen molar-refractivity contribution >= 4 is 12.0 Å². The van der Waals surface area contributed by atoms with Gasteiger partial charge in [-0.2, -0.15) is 0 Å². The fourth-order valence-electron chi connectivity index (χ4n) is 1.78. The molecule has 0 heterocycles. The minimum atomic E-state index is -1.16. The molecular weight excluding hydrogens is 260 g/mol. The number of nitrogens with one attached hydrogen (secondary N) is 2. The molecule has 0 saturated heterocycles. The van der Waals surface area contributed by atoms with Crippen molar-refractivity contribution in [2.24, 2.45) is 0 Å². The van der Waals surface area contributed by atoms with Crippen LogP contribution in [0.1, 0.15) is 17.5 Å². The first-order valence-electron chi connectivity index (χ1n) is 6.46. The Hall–Kier alpha value is -2.08. The Kier molecular flexibility index (Phi) is 6.52. The van der Waals surface area contributed by atoms with Crippen LogP contribution in [0.2, 0.25) is 0 Å². The van der Waals surface area contributed by atoms with Gasteiger partial charge >= 0.3 is 12.0 Å². The second-order valence-electron chi connectivity index (χ2n) is 4.54. The number of aliphatic carboxylic acids is 1. The van der Waals surface area contributed by atoms with Crippen molar-refractivity contribution in [1.29, 1.82) is 0 Å². The van der Waals surface area contributed by atoms with E-state index in [2.05, 4.69) is 10.6 Å². The van der Waals surface area contributed by atoms with Crippen LogP contribution < -0.4 is 10.6 Å². The highest BCUT2D eigenvalue weighted by Crippen LogP contribution is 2.03. The predicted molar refractivity (Wildman–Crippen MR) is 74.5 cm³/mol. The summed E-state index contributed by atoms with van der Waals surface area (Å²) in [4.78, 5) is 22.3. The molecule has 20 heavy (non-hydrogen) atoms. The zero-order valence-electron chi connectivity index (χ0n) is 11.4. The monoisotopic (exact) mass is 280 g/mol. The third kappa shape index (κ3) is 5.71. The van der Waals surface area contributed by atoms with Gasteiger partial charge in [-0.25, -0.2) is 9.59 Å². The first kappa shape index (κ1) is 16.0. The Morgan fingerprint density at radius 2 is 2.10 bits per heavy atom. The van der Waals surface area contributed by atoms with Crippen LogP contribution in [0, 0.1) is 6.92 Å². The molecule has 1 atom stereocenters. The molecule has 0 unspecified atom stereocenters. The summed E-state index contributed by atoms with van der Waals surface area (Å²) in [5.41, 5.74) is 2.26. The van der Waals surface area contributed by atoms with E-state index in [4.69, 9.17) is 10.2 Å². The minimum Gasteiger partial charge on any atom is -0.480 e. The van der Waals surface area contributed by atoms with E-state index in [1.165, 1.54) is 0 Å². The van der Waals surface area contributed by atoms with Gasteiger partial charge in [-0.05, 0) is 18.9 Å². The van der Waals surface area contributed by atoms with Crippen molar-refractivity contribution < 1.29 is 19.8 Å². The number of urea groups is 1. The standard InChI is InChI=1S/C14H20N2O4/c1-10-3-2-4-11(9-10)5-7-15-14(20)16-12(6-8-17)13(18)19/h2-4,9,12,17H,5-8H2,1H3,(H,18,19)(H2,15,16,20)/t12-/m1/s1. The lowest BCUT2D eigenvalue weighted by molar-refractivity contribution is -0.139. The zero-order valence-corrected chi connectivity index (χ0v) is 11.4. The van der Waals surface area contributed by atoms with Crippen LogP contribution in [-0.4, -0.2) is 41.4 Å². The van der Waals surface area contributed by atoms with Crippen LogP contribution in [0.5, 0.6) is 0 Å². The molecule has 0 aromatic heterocycles. The average molecular weight is 280 g/mol. The second kappa shape index (κ2) is 8.16. The highest BCUT2D eigenvalue weighted by molar-refractivity contribution is 5.82. The van der Waals surface area contributed by atoms with Crippen LogP contribution in [0.25, 0.3) is 0 Å². The second-order valence-corrected chi connectivity index (χ2v) is 4.54. The Bertz CT molecular complexity index is 462. The smallest absolute Gasteiger partial charge is 0.326 e. The molecule has 1 aromatic rings. The maximum absolute atomic E-state index is 11.5. The summed E-state index contributed by atoms with van der Waals surface area (Å²) in [6.45, 7) is 2.12. The van der Waals surface area contributed by atoms with E-state index < -0.39 is 18.0 Å². The Morgan fingerprint density at radius 3 is 2.70 bits per heavy atom. The molecule has 0 aliphatic rings. The molecule has 6 nitrogen and oxygen atoms in total. The number of carboxylic acid groups (broad SMARTS) is 1. The van der Waals surface area contributed by atoms with E-state index in [9.17, 15) is 9.59 Å². The van der Waals surface area contributed by atoms with E-state index in [1.54, 1.807) is 0 Å². The third-order valence-corrected chi connectivity index (χ3v) is 2.80. The van der Waals surface area contributed by atoms with Crippen LogP contribution in [-0.2, 0) is 11.2 Å². The summed E-state index contributed by atoms with van der Waals surface area (Å²) in [5.74, 6) is -1.16. The molecular formula is C14H20N2O4. The van der Waals surface area contributed by atoms with Gasteiger partial charge in [0.05, 0.1) is 0 Å². The fraction of sp³-hybridized carbons (Fsp3) is 0.429. The first-order chi connectivity index (χ1) is 9.52. The summed E-state index contributed by atoms with van der Waals surface area (Å²) in [5, 5.41) is 22.5. The van der Waals surface area contributed by atoms with Gasteiger partial charge < -0.3 is 20.8 Å². The number of carboxylic acids is 1. The van der Waals surface area contributed by atoms with E-state index in [1.807, 2.05) is 31.2 Å². The number of amides is 2. The number of carbonyl (C=O) groups is 2. The lowest BCUT2D eigenvalue weighted by Crippen LogP contribution is -2.46. The van der Waals surface area contributed by atoms with Crippen molar-refractivity contribution in [3.05, 3.63) is 35.4 Å². The van der Waals surface area contributed by atoms with Crippen molar-refractivity contribution in [3.8, 4) is 0 Å². The van der Waals surface area contributed by atoms with Crippen LogP contribution >= 0.6 is 0 Å². The number of hydrogen-bond acceptors (Lipinski definition) is 3. The minimum absolute atomic E-state index is 0.0133. The third-order valence-electron chi connectivity index (χ3n) is 2.80.